The van der Waals surface area contributed by atoms with Crippen molar-refractivity contribution < 1.29 is 14.3 Å². The van der Waals surface area contributed by atoms with Gasteiger partial charge in [-0.25, -0.2) is 0 Å². The number of para-hydroxylation sites is 1. The average molecular weight is 477 g/mol. The van der Waals surface area contributed by atoms with Crippen LogP contribution in [0.25, 0.3) is 0 Å². The van der Waals surface area contributed by atoms with Crippen LogP contribution in [-0.4, -0.2) is 47.9 Å². The van der Waals surface area contributed by atoms with Crippen LogP contribution in [0.5, 0.6) is 5.75 Å². The van der Waals surface area contributed by atoms with Gasteiger partial charge in [-0.05, 0) is 49.1 Å². The molecular formula is C22H25BrN2O3S. The zero-order valence-electron chi connectivity index (χ0n) is 16.2. The molecule has 2 aromatic carbocycles. The van der Waals surface area contributed by atoms with Gasteiger partial charge >= 0.3 is 0 Å². The van der Waals surface area contributed by atoms with Gasteiger partial charge in [0.2, 0.25) is 11.8 Å². The molecule has 1 saturated heterocycles. The van der Waals surface area contributed by atoms with Crippen molar-refractivity contribution in [2.24, 2.45) is 5.92 Å². The first kappa shape index (κ1) is 21.7. The molecule has 0 bridgehead atoms. The van der Waals surface area contributed by atoms with Gasteiger partial charge in [-0.15, -0.1) is 11.8 Å². The van der Waals surface area contributed by atoms with Crippen LogP contribution < -0.4 is 10.1 Å². The second-order valence-electron chi connectivity index (χ2n) is 7.00. The zero-order chi connectivity index (χ0) is 20.5. The molecule has 1 heterocycles. The largest absolute Gasteiger partial charge is 0.493 e. The fourth-order valence-electron chi connectivity index (χ4n) is 3.17. The number of carbonyl (C=O) groups excluding carboxylic acids is 2. The van der Waals surface area contributed by atoms with E-state index >= 15 is 0 Å². The van der Waals surface area contributed by atoms with Crippen molar-refractivity contribution in [1.82, 2.24) is 4.90 Å². The first-order valence-electron chi connectivity index (χ1n) is 9.69. The summed E-state index contributed by atoms with van der Waals surface area (Å²) in [5.74, 6) is 1.97. The second kappa shape index (κ2) is 11.3. The van der Waals surface area contributed by atoms with Gasteiger partial charge in [0.05, 0.1) is 18.1 Å². The van der Waals surface area contributed by atoms with Gasteiger partial charge in [-0.3, -0.25) is 9.59 Å². The average Bonchev–Trinajstić information content (AvgIpc) is 2.73. The Morgan fingerprint density at radius 3 is 2.55 bits per heavy atom. The van der Waals surface area contributed by atoms with Crippen LogP contribution in [0.1, 0.15) is 12.8 Å². The molecule has 1 aliphatic rings. The Morgan fingerprint density at radius 1 is 1.07 bits per heavy atom. The lowest BCUT2D eigenvalue weighted by molar-refractivity contribution is -0.129. The van der Waals surface area contributed by atoms with E-state index in [2.05, 4.69) is 21.2 Å². The minimum Gasteiger partial charge on any atom is -0.493 e. The predicted octanol–water partition coefficient (Wildman–Crippen LogP) is 4.44. The van der Waals surface area contributed by atoms with Gasteiger partial charge in [0, 0.05) is 23.2 Å². The Morgan fingerprint density at radius 2 is 1.83 bits per heavy atom. The summed E-state index contributed by atoms with van der Waals surface area (Å²) in [6, 6.07) is 17.3. The summed E-state index contributed by atoms with van der Waals surface area (Å²) in [4.78, 5) is 26.3. The number of benzene rings is 2. The normalized spacial score (nSPS) is 14.4. The lowest BCUT2D eigenvalue weighted by Crippen LogP contribution is -2.40. The van der Waals surface area contributed by atoms with E-state index in [4.69, 9.17) is 4.74 Å². The Balaban J connectivity index is 1.31. The maximum Gasteiger partial charge on any atom is 0.234 e. The number of amides is 2. The van der Waals surface area contributed by atoms with E-state index in [1.165, 1.54) is 11.8 Å². The Labute approximate surface area is 184 Å². The standard InChI is InChI=1S/C22H25BrN2O3S/c23-18-5-4-6-19(13-18)24-21(26)15-29-16-22(27)25-11-9-17(10-12-25)14-28-20-7-2-1-3-8-20/h1-8,13,17H,9-12,14-16H2,(H,24,26). The van der Waals surface area contributed by atoms with Gasteiger partial charge < -0.3 is 15.0 Å². The molecule has 0 unspecified atom stereocenters. The number of carbonyl (C=O) groups is 2. The molecule has 0 aliphatic carbocycles. The molecule has 5 nitrogen and oxygen atoms in total. The Hall–Kier alpha value is -1.99. The molecule has 1 fully saturated rings. The van der Waals surface area contributed by atoms with E-state index in [0.717, 1.165) is 41.8 Å². The van der Waals surface area contributed by atoms with Crippen molar-refractivity contribution in [1.29, 1.82) is 0 Å². The van der Waals surface area contributed by atoms with E-state index in [0.29, 0.717) is 18.3 Å². The molecule has 7 heteroatoms. The van der Waals surface area contributed by atoms with Crippen molar-refractivity contribution in [2.75, 3.05) is 36.5 Å². The lowest BCUT2D eigenvalue weighted by Gasteiger charge is -2.31. The van der Waals surface area contributed by atoms with Crippen molar-refractivity contribution in [2.45, 2.75) is 12.8 Å². The highest BCUT2D eigenvalue weighted by molar-refractivity contribution is 9.10. The number of nitrogens with zero attached hydrogens (tertiary/aromatic N) is 1. The smallest absolute Gasteiger partial charge is 0.234 e. The van der Waals surface area contributed by atoms with Crippen LogP contribution in [0.4, 0.5) is 5.69 Å². The molecule has 3 rings (SSSR count). The number of rotatable bonds is 8. The van der Waals surface area contributed by atoms with Crippen LogP contribution in [-0.2, 0) is 9.59 Å². The Bertz CT molecular complexity index is 811. The summed E-state index contributed by atoms with van der Waals surface area (Å²) in [6.45, 7) is 2.20. The van der Waals surface area contributed by atoms with Gasteiger partial charge in [0.15, 0.2) is 0 Å². The molecule has 1 aliphatic heterocycles. The topological polar surface area (TPSA) is 58.6 Å². The molecule has 2 aromatic rings. The summed E-state index contributed by atoms with van der Waals surface area (Å²) < 4.78 is 6.75. The van der Waals surface area contributed by atoms with E-state index in [1.807, 2.05) is 59.5 Å². The van der Waals surface area contributed by atoms with E-state index in [9.17, 15) is 9.59 Å². The van der Waals surface area contributed by atoms with Crippen molar-refractivity contribution in [3.05, 3.63) is 59.1 Å². The molecule has 2 amide bonds. The number of ether oxygens (including phenoxy) is 1. The quantitative estimate of drug-likeness (QED) is 0.611. The van der Waals surface area contributed by atoms with Crippen LogP contribution in [0.2, 0.25) is 0 Å². The number of nitrogens with one attached hydrogen (secondary N) is 1. The van der Waals surface area contributed by atoms with E-state index in [1.54, 1.807) is 0 Å². The third kappa shape index (κ3) is 7.40. The minimum absolute atomic E-state index is 0.0994. The zero-order valence-corrected chi connectivity index (χ0v) is 18.6. The maximum atomic E-state index is 12.4. The molecule has 0 spiro atoms. The SMILES string of the molecule is O=C(CSCC(=O)N1CCC(COc2ccccc2)CC1)Nc1cccc(Br)c1. The molecule has 29 heavy (non-hydrogen) atoms. The van der Waals surface area contributed by atoms with Crippen molar-refractivity contribution >= 4 is 45.2 Å². The third-order valence-electron chi connectivity index (χ3n) is 4.76. The Kier molecular flexibility index (Phi) is 8.43. The third-order valence-corrected chi connectivity index (χ3v) is 6.17. The summed E-state index contributed by atoms with van der Waals surface area (Å²) in [7, 11) is 0. The van der Waals surface area contributed by atoms with Gasteiger partial charge in [-0.2, -0.15) is 0 Å². The molecule has 0 saturated carbocycles. The molecular weight excluding hydrogens is 452 g/mol. The summed E-state index contributed by atoms with van der Waals surface area (Å²) in [5, 5.41) is 2.84. The van der Waals surface area contributed by atoms with E-state index < -0.39 is 0 Å². The van der Waals surface area contributed by atoms with Crippen LogP contribution >= 0.6 is 27.7 Å². The molecule has 0 aromatic heterocycles. The number of thioether (sulfide) groups is 1. The summed E-state index contributed by atoms with van der Waals surface area (Å²) in [6.07, 6.45) is 1.90. The van der Waals surface area contributed by atoms with Crippen LogP contribution in [0.3, 0.4) is 0 Å². The number of halogens is 1. The van der Waals surface area contributed by atoms with Gasteiger partial charge in [-0.1, -0.05) is 40.2 Å². The minimum atomic E-state index is -0.0994. The monoisotopic (exact) mass is 476 g/mol. The molecule has 0 atom stereocenters. The summed E-state index contributed by atoms with van der Waals surface area (Å²) >= 11 is 4.73. The first-order chi connectivity index (χ1) is 14.1. The number of hydrogen-bond acceptors (Lipinski definition) is 4. The van der Waals surface area contributed by atoms with Gasteiger partial charge in [0.25, 0.3) is 0 Å². The highest BCUT2D eigenvalue weighted by Crippen LogP contribution is 2.20. The fourth-order valence-corrected chi connectivity index (χ4v) is 4.28. The first-order valence-corrected chi connectivity index (χ1v) is 11.6. The second-order valence-corrected chi connectivity index (χ2v) is 8.90. The number of hydrogen-bond donors (Lipinski definition) is 1. The molecule has 0 radical (unpaired) electrons. The predicted molar refractivity (Wildman–Crippen MR) is 121 cm³/mol. The maximum absolute atomic E-state index is 12.4. The van der Waals surface area contributed by atoms with Crippen molar-refractivity contribution in [3.8, 4) is 5.75 Å². The lowest BCUT2D eigenvalue weighted by atomic mass is 9.98. The van der Waals surface area contributed by atoms with Gasteiger partial charge in [0.1, 0.15) is 5.75 Å². The van der Waals surface area contributed by atoms with Crippen LogP contribution in [0, 0.1) is 5.92 Å². The van der Waals surface area contributed by atoms with E-state index in [-0.39, 0.29) is 17.6 Å². The molecule has 1 N–H and O–H groups in total. The highest BCUT2D eigenvalue weighted by Gasteiger charge is 2.23. The number of anilines is 1. The number of piperidine rings is 1. The molecule has 154 valence electrons. The fraction of sp³-hybridized carbons (Fsp3) is 0.364. The summed E-state index contributed by atoms with van der Waals surface area (Å²) in [5.41, 5.74) is 0.746. The van der Waals surface area contributed by atoms with Crippen molar-refractivity contribution in [3.63, 3.8) is 0 Å². The van der Waals surface area contributed by atoms with Crippen LogP contribution in [0.15, 0.2) is 59.1 Å². The highest BCUT2D eigenvalue weighted by atomic mass is 79.9. The number of likely N-dealkylation sites (tertiary alicyclic amines) is 1.